The minimum atomic E-state index is 0.241. The van der Waals surface area contributed by atoms with Gasteiger partial charge in [-0.1, -0.05) is 11.6 Å². The fourth-order valence-corrected chi connectivity index (χ4v) is 1.50. The van der Waals surface area contributed by atoms with Gasteiger partial charge in [0.2, 0.25) is 0 Å². The molecule has 0 bridgehead atoms. The lowest BCUT2D eigenvalue weighted by atomic mass is 9.97. The number of aliphatic hydroxyl groups is 2. The van der Waals surface area contributed by atoms with E-state index in [1.165, 1.54) is 5.57 Å². The maximum atomic E-state index is 9.06. The highest BCUT2D eigenvalue weighted by Crippen LogP contribution is 2.14. The van der Waals surface area contributed by atoms with Crippen LogP contribution in [0.3, 0.4) is 0 Å². The highest BCUT2D eigenvalue weighted by molar-refractivity contribution is 4.92. The third-order valence-electron chi connectivity index (χ3n) is 2.40. The van der Waals surface area contributed by atoms with Crippen molar-refractivity contribution < 1.29 is 10.2 Å². The fraction of sp³-hybridized carbons (Fsp3) is 0.833. The molecule has 0 radical (unpaired) electrons. The van der Waals surface area contributed by atoms with Crippen molar-refractivity contribution in [3.8, 4) is 0 Å². The number of hydrogen-bond acceptors (Lipinski definition) is 2. The van der Waals surface area contributed by atoms with E-state index in [1.54, 1.807) is 0 Å². The molecule has 14 heavy (non-hydrogen) atoms. The van der Waals surface area contributed by atoms with Crippen molar-refractivity contribution in [3.05, 3.63) is 11.6 Å². The van der Waals surface area contributed by atoms with E-state index in [1.807, 2.05) is 0 Å². The Kier molecular flexibility index (Phi) is 9.00. The van der Waals surface area contributed by atoms with E-state index in [9.17, 15) is 0 Å². The van der Waals surface area contributed by atoms with Crippen LogP contribution < -0.4 is 0 Å². The van der Waals surface area contributed by atoms with Crippen molar-refractivity contribution in [2.75, 3.05) is 13.2 Å². The second kappa shape index (κ2) is 9.22. The van der Waals surface area contributed by atoms with Gasteiger partial charge in [-0.2, -0.15) is 0 Å². The van der Waals surface area contributed by atoms with E-state index in [0.29, 0.717) is 5.92 Å². The third kappa shape index (κ3) is 8.27. The highest BCUT2D eigenvalue weighted by atomic mass is 16.3. The zero-order valence-electron chi connectivity index (χ0n) is 9.50. The third-order valence-corrected chi connectivity index (χ3v) is 2.40. The lowest BCUT2D eigenvalue weighted by molar-refractivity contribution is 0.193. The van der Waals surface area contributed by atoms with Crippen molar-refractivity contribution in [1.29, 1.82) is 0 Å². The van der Waals surface area contributed by atoms with E-state index in [-0.39, 0.29) is 13.2 Å². The van der Waals surface area contributed by atoms with Crippen LogP contribution in [0.5, 0.6) is 0 Å². The fourth-order valence-electron chi connectivity index (χ4n) is 1.50. The number of aliphatic hydroxyl groups excluding tert-OH is 2. The van der Waals surface area contributed by atoms with Gasteiger partial charge in [0.05, 0.1) is 0 Å². The molecule has 0 saturated heterocycles. The highest BCUT2D eigenvalue weighted by Gasteiger charge is 2.05. The van der Waals surface area contributed by atoms with Gasteiger partial charge in [-0.05, 0) is 51.9 Å². The summed E-state index contributed by atoms with van der Waals surface area (Å²) in [5.41, 5.74) is 1.36. The number of unbranched alkanes of at least 4 members (excludes halogenated alkanes) is 1. The van der Waals surface area contributed by atoms with Crippen LogP contribution in [0.4, 0.5) is 0 Å². The Balaban J connectivity index is 3.47. The Bertz CT molecular complexity index is 148. The van der Waals surface area contributed by atoms with E-state index in [4.69, 9.17) is 10.2 Å². The molecule has 0 aromatic rings. The van der Waals surface area contributed by atoms with Crippen molar-refractivity contribution >= 4 is 0 Å². The van der Waals surface area contributed by atoms with Crippen LogP contribution in [-0.2, 0) is 0 Å². The SMILES string of the molecule is CC(C)=CCCCC(CO)CCCO. The Morgan fingerprint density at radius 2 is 1.79 bits per heavy atom. The first-order chi connectivity index (χ1) is 6.70. The van der Waals surface area contributed by atoms with Crippen LogP contribution >= 0.6 is 0 Å². The molecule has 0 amide bonds. The molecule has 0 aliphatic carbocycles. The van der Waals surface area contributed by atoms with E-state index < -0.39 is 0 Å². The van der Waals surface area contributed by atoms with Gasteiger partial charge < -0.3 is 10.2 Å². The van der Waals surface area contributed by atoms with E-state index in [0.717, 1.165) is 32.1 Å². The number of allylic oxidation sites excluding steroid dienone is 2. The molecule has 1 unspecified atom stereocenters. The van der Waals surface area contributed by atoms with Gasteiger partial charge in [0.15, 0.2) is 0 Å². The summed E-state index contributed by atoms with van der Waals surface area (Å²) < 4.78 is 0. The molecule has 2 heteroatoms. The van der Waals surface area contributed by atoms with Gasteiger partial charge in [-0.15, -0.1) is 0 Å². The van der Waals surface area contributed by atoms with Crippen LogP contribution in [0.1, 0.15) is 46.0 Å². The first kappa shape index (κ1) is 13.7. The molecule has 0 spiro atoms. The Morgan fingerprint density at radius 1 is 1.14 bits per heavy atom. The van der Waals surface area contributed by atoms with Gasteiger partial charge in [0, 0.05) is 13.2 Å². The standard InChI is InChI=1S/C12H24O2/c1-11(2)6-3-4-7-12(10-14)8-5-9-13/h6,12-14H,3-5,7-10H2,1-2H3. The largest absolute Gasteiger partial charge is 0.396 e. The molecule has 0 saturated carbocycles. The molecule has 0 fully saturated rings. The average molecular weight is 200 g/mol. The lowest BCUT2D eigenvalue weighted by Crippen LogP contribution is -2.06. The normalized spacial score (nSPS) is 12.6. The zero-order chi connectivity index (χ0) is 10.8. The summed E-state index contributed by atoms with van der Waals surface area (Å²) >= 11 is 0. The van der Waals surface area contributed by atoms with Crippen LogP contribution in [0.2, 0.25) is 0 Å². The summed E-state index contributed by atoms with van der Waals surface area (Å²) in [7, 11) is 0. The van der Waals surface area contributed by atoms with Gasteiger partial charge in [-0.3, -0.25) is 0 Å². The van der Waals surface area contributed by atoms with Crippen LogP contribution in [-0.4, -0.2) is 23.4 Å². The van der Waals surface area contributed by atoms with Crippen LogP contribution in [0, 0.1) is 5.92 Å². The Labute approximate surface area is 87.7 Å². The van der Waals surface area contributed by atoms with E-state index in [2.05, 4.69) is 19.9 Å². The molecule has 1 atom stereocenters. The maximum Gasteiger partial charge on any atom is 0.0459 e. The zero-order valence-corrected chi connectivity index (χ0v) is 9.50. The second-order valence-corrected chi connectivity index (χ2v) is 4.13. The Hall–Kier alpha value is -0.340. The topological polar surface area (TPSA) is 40.5 Å². The summed E-state index contributed by atoms with van der Waals surface area (Å²) in [5, 5.41) is 17.7. The van der Waals surface area contributed by atoms with Crippen molar-refractivity contribution in [1.82, 2.24) is 0 Å². The van der Waals surface area contributed by atoms with Gasteiger partial charge in [0.25, 0.3) is 0 Å². The Morgan fingerprint density at radius 3 is 2.29 bits per heavy atom. The van der Waals surface area contributed by atoms with Gasteiger partial charge in [0.1, 0.15) is 0 Å². The van der Waals surface area contributed by atoms with Crippen molar-refractivity contribution in [2.45, 2.75) is 46.0 Å². The van der Waals surface area contributed by atoms with Crippen LogP contribution in [0.15, 0.2) is 11.6 Å². The summed E-state index contributed by atoms with van der Waals surface area (Å²) in [6, 6.07) is 0. The predicted molar refractivity (Wildman–Crippen MR) is 60.2 cm³/mol. The molecule has 2 N–H and O–H groups in total. The summed E-state index contributed by atoms with van der Waals surface area (Å²) in [6.07, 6.45) is 7.32. The predicted octanol–water partition coefficient (Wildman–Crippen LogP) is 2.50. The molecule has 0 heterocycles. The first-order valence-corrected chi connectivity index (χ1v) is 5.55. The van der Waals surface area contributed by atoms with Gasteiger partial charge in [-0.25, -0.2) is 0 Å². The molecule has 0 aliphatic heterocycles. The number of rotatable bonds is 8. The smallest absolute Gasteiger partial charge is 0.0459 e. The monoisotopic (exact) mass is 200 g/mol. The molecule has 2 nitrogen and oxygen atoms in total. The first-order valence-electron chi connectivity index (χ1n) is 5.55. The van der Waals surface area contributed by atoms with Crippen molar-refractivity contribution in [2.24, 2.45) is 5.92 Å². The molecular formula is C12H24O2. The number of hydrogen-bond donors (Lipinski definition) is 2. The molecule has 0 aromatic heterocycles. The molecule has 0 aliphatic rings. The minimum Gasteiger partial charge on any atom is -0.396 e. The van der Waals surface area contributed by atoms with Crippen LogP contribution in [0.25, 0.3) is 0 Å². The molecule has 0 aromatic carbocycles. The van der Waals surface area contributed by atoms with Crippen molar-refractivity contribution in [3.63, 3.8) is 0 Å². The van der Waals surface area contributed by atoms with Gasteiger partial charge >= 0.3 is 0 Å². The summed E-state index contributed by atoms with van der Waals surface area (Å²) in [6.45, 7) is 4.71. The second-order valence-electron chi connectivity index (χ2n) is 4.13. The molecule has 0 rings (SSSR count). The maximum absolute atomic E-state index is 9.06. The quantitative estimate of drug-likeness (QED) is 0.467. The lowest BCUT2D eigenvalue weighted by Gasteiger charge is -2.12. The summed E-state index contributed by atoms with van der Waals surface area (Å²) in [4.78, 5) is 0. The molecule has 84 valence electrons. The average Bonchev–Trinajstić information content (AvgIpc) is 2.16. The van der Waals surface area contributed by atoms with E-state index >= 15 is 0 Å². The molecular weight excluding hydrogens is 176 g/mol. The minimum absolute atomic E-state index is 0.241. The summed E-state index contributed by atoms with van der Waals surface area (Å²) in [5.74, 6) is 0.382.